The number of carbonyl (C=O) groups excluding carboxylic acids is 1. The van der Waals surface area contributed by atoms with E-state index in [2.05, 4.69) is 21.2 Å². The minimum atomic E-state index is -0.0139. The summed E-state index contributed by atoms with van der Waals surface area (Å²) in [4.78, 5) is 14.2. The summed E-state index contributed by atoms with van der Waals surface area (Å²) in [6.07, 6.45) is 0. The highest BCUT2D eigenvalue weighted by Crippen LogP contribution is 2.16. The molecule has 0 aliphatic rings. The van der Waals surface area contributed by atoms with Gasteiger partial charge in [0, 0.05) is 11.0 Å². The number of likely N-dealkylation sites (N-methyl/N-ethyl adjacent to an activating group) is 1. The summed E-state index contributed by atoms with van der Waals surface area (Å²) >= 11 is 3.42. The fourth-order valence-corrected chi connectivity index (χ4v) is 2.73. The fourth-order valence-electron chi connectivity index (χ4n) is 2.47. The molecular weight excluding hydrogens is 368 g/mol. The molecule has 128 valence electrons. The molecule has 1 amide bonds. The molecule has 2 rings (SSSR count). The van der Waals surface area contributed by atoms with Crippen molar-refractivity contribution in [1.29, 1.82) is 0 Å². The minimum Gasteiger partial charge on any atom is -0.497 e. The molecule has 0 spiro atoms. The highest BCUT2D eigenvalue weighted by atomic mass is 79.9. The molecular formula is C19H23BrN2O2. The van der Waals surface area contributed by atoms with Crippen LogP contribution in [0.5, 0.6) is 5.75 Å². The summed E-state index contributed by atoms with van der Waals surface area (Å²) in [5, 5.41) is 3.03. The lowest BCUT2D eigenvalue weighted by Gasteiger charge is -2.19. The summed E-state index contributed by atoms with van der Waals surface area (Å²) in [6.45, 7) is 3.06. The van der Waals surface area contributed by atoms with Crippen LogP contribution in [0.15, 0.2) is 53.0 Å². The SMILES string of the molecule is COc1ccc(CN(C)CC(=O)NC(C)c2ccc(Br)cc2)cc1. The second-order valence-electron chi connectivity index (χ2n) is 5.86. The van der Waals surface area contributed by atoms with Gasteiger partial charge in [-0.3, -0.25) is 9.69 Å². The number of nitrogens with one attached hydrogen (secondary N) is 1. The van der Waals surface area contributed by atoms with Crippen LogP contribution < -0.4 is 10.1 Å². The van der Waals surface area contributed by atoms with Gasteiger partial charge in [0.2, 0.25) is 5.91 Å². The van der Waals surface area contributed by atoms with Gasteiger partial charge in [-0.25, -0.2) is 0 Å². The quantitative estimate of drug-likeness (QED) is 0.782. The average molecular weight is 391 g/mol. The monoisotopic (exact) mass is 390 g/mol. The van der Waals surface area contributed by atoms with E-state index in [0.717, 1.165) is 21.3 Å². The number of nitrogens with zero attached hydrogens (tertiary/aromatic N) is 1. The molecule has 1 N–H and O–H groups in total. The largest absolute Gasteiger partial charge is 0.497 e. The second kappa shape index (κ2) is 8.85. The Morgan fingerprint density at radius 2 is 1.79 bits per heavy atom. The van der Waals surface area contributed by atoms with Gasteiger partial charge in [-0.15, -0.1) is 0 Å². The number of methoxy groups -OCH3 is 1. The van der Waals surface area contributed by atoms with Crippen LogP contribution in [-0.4, -0.2) is 31.5 Å². The molecule has 2 aromatic rings. The molecule has 2 aromatic carbocycles. The Bertz CT molecular complexity index is 656. The Balaban J connectivity index is 1.83. The third-order valence-corrected chi connectivity index (χ3v) is 4.30. The van der Waals surface area contributed by atoms with Gasteiger partial charge in [-0.2, -0.15) is 0 Å². The van der Waals surface area contributed by atoms with Gasteiger partial charge < -0.3 is 10.1 Å². The van der Waals surface area contributed by atoms with Crippen LogP contribution in [-0.2, 0) is 11.3 Å². The number of hydrogen-bond donors (Lipinski definition) is 1. The molecule has 0 fully saturated rings. The lowest BCUT2D eigenvalue weighted by molar-refractivity contribution is -0.122. The van der Waals surface area contributed by atoms with Crippen molar-refractivity contribution in [2.75, 3.05) is 20.7 Å². The maximum atomic E-state index is 12.2. The number of ether oxygens (including phenoxy) is 1. The van der Waals surface area contributed by atoms with E-state index in [1.54, 1.807) is 7.11 Å². The molecule has 0 saturated heterocycles. The van der Waals surface area contributed by atoms with Crippen molar-refractivity contribution in [3.8, 4) is 5.75 Å². The van der Waals surface area contributed by atoms with Gasteiger partial charge in [-0.05, 0) is 49.4 Å². The molecule has 5 heteroatoms. The summed E-state index contributed by atoms with van der Waals surface area (Å²) in [5.41, 5.74) is 2.23. The Morgan fingerprint density at radius 1 is 1.17 bits per heavy atom. The molecule has 1 unspecified atom stereocenters. The van der Waals surface area contributed by atoms with Crippen LogP contribution in [0.4, 0.5) is 0 Å². The molecule has 0 radical (unpaired) electrons. The number of amides is 1. The third-order valence-electron chi connectivity index (χ3n) is 3.77. The van der Waals surface area contributed by atoms with Crippen LogP contribution >= 0.6 is 15.9 Å². The standard InChI is InChI=1S/C19H23BrN2O2/c1-14(16-6-8-17(20)9-7-16)21-19(23)13-22(2)12-15-4-10-18(24-3)11-5-15/h4-11,14H,12-13H2,1-3H3,(H,21,23). The Morgan fingerprint density at radius 3 is 2.38 bits per heavy atom. The zero-order valence-corrected chi connectivity index (χ0v) is 15.8. The van der Waals surface area contributed by atoms with Gasteiger partial charge >= 0.3 is 0 Å². The van der Waals surface area contributed by atoms with Gasteiger partial charge in [0.15, 0.2) is 0 Å². The molecule has 0 bridgehead atoms. The van der Waals surface area contributed by atoms with Crippen LogP contribution in [0, 0.1) is 0 Å². The van der Waals surface area contributed by atoms with Crippen LogP contribution in [0.25, 0.3) is 0 Å². The number of hydrogen-bond acceptors (Lipinski definition) is 3. The van der Waals surface area contributed by atoms with E-state index < -0.39 is 0 Å². The van der Waals surface area contributed by atoms with E-state index in [1.807, 2.05) is 67.4 Å². The van der Waals surface area contributed by atoms with E-state index in [1.165, 1.54) is 0 Å². The van der Waals surface area contributed by atoms with Gasteiger partial charge in [-0.1, -0.05) is 40.2 Å². The second-order valence-corrected chi connectivity index (χ2v) is 6.78. The van der Waals surface area contributed by atoms with E-state index >= 15 is 0 Å². The summed E-state index contributed by atoms with van der Waals surface area (Å²) in [5.74, 6) is 0.851. The third kappa shape index (κ3) is 5.65. The van der Waals surface area contributed by atoms with Crippen molar-refractivity contribution in [2.45, 2.75) is 19.5 Å². The van der Waals surface area contributed by atoms with E-state index in [-0.39, 0.29) is 11.9 Å². The molecule has 4 nitrogen and oxygen atoms in total. The molecule has 24 heavy (non-hydrogen) atoms. The van der Waals surface area contributed by atoms with Crippen LogP contribution in [0.1, 0.15) is 24.1 Å². The smallest absolute Gasteiger partial charge is 0.234 e. The van der Waals surface area contributed by atoms with Crippen molar-refractivity contribution in [3.63, 3.8) is 0 Å². The first-order valence-electron chi connectivity index (χ1n) is 7.84. The Labute approximate surface area is 151 Å². The lowest BCUT2D eigenvalue weighted by atomic mass is 10.1. The van der Waals surface area contributed by atoms with E-state index in [4.69, 9.17) is 4.74 Å². The first kappa shape index (κ1) is 18.5. The summed E-state index contributed by atoms with van der Waals surface area (Å²) in [6, 6.07) is 15.8. The van der Waals surface area contributed by atoms with Gasteiger partial charge in [0.05, 0.1) is 19.7 Å². The molecule has 0 aliphatic heterocycles. The first-order chi connectivity index (χ1) is 11.5. The molecule has 0 heterocycles. The number of carbonyl (C=O) groups is 1. The van der Waals surface area contributed by atoms with Crippen molar-refractivity contribution in [1.82, 2.24) is 10.2 Å². The maximum Gasteiger partial charge on any atom is 0.234 e. The predicted octanol–water partition coefficient (Wildman–Crippen LogP) is 3.77. The lowest BCUT2D eigenvalue weighted by Crippen LogP contribution is -2.36. The van der Waals surface area contributed by atoms with Crippen molar-refractivity contribution in [2.24, 2.45) is 0 Å². The number of benzene rings is 2. The normalized spacial score (nSPS) is 12.0. The maximum absolute atomic E-state index is 12.2. The predicted molar refractivity (Wildman–Crippen MR) is 100 cm³/mol. The van der Waals surface area contributed by atoms with Crippen molar-refractivity contribution >= 4 is 21.8 Å². The zero-order valence-electron chi connectivity index (χ0n) is 14.3. The zero-order chi connectivity index (χ0) is 17.5. The summed E-state index contributed by atoms with van der Waals surface area (Å²) < 4.78 is 6.18. The van der Waals surface area contributed by atoms with Gasteiger partial charge in [0.1, 0.15) is 5.75 Å². The molecule has 1 atom stereocenters. The van der Waals surface area contributed by atoms with E-state index in [0.29, 0.717) is 13.1 Å². The highest BCUT2D eigenvalue weighted by molar-refractivity contribution is 9.10. The summed E-state index contributed by atoms with van der Waals surface area (Å²) in [7, 11) is 3.59. The Hall–Kier alpha value is -1.85. The van der Waals surface area contributed by atoms with Crippen molar-refractivity contribution < 1.29 is 9.53 Å². The molecule has 0 saturated carbocycles. The molecule has 0 aliphatic carbocycles. The van der Waals surface area contributed by atoms with Crippen LogP contribution in [0.3, 0.4) is 0 Å². The highest BCUT2D eigenvalue weighted by Gasteiger charge is 2.12. The topological polar surface area (TPSA) is 41.6 Å². The first-order valence-corrected chi connectivity index (χ1v) is 8.63. The fraction of sp³-hybridized carbons (Fsp3) is 0.316. The Kier molecular flexibility index (Phi) is 6.82. The minimum absolute atomic E-state index is 0.0139. The molecule has 0 aromatic heterocycles. The number of rotatable bonds is 7. The van der Waals surface area contributed by atoms with Crippen LogP contribution in [0.2, 0.25) is 0 Å². The van der Waals surface area contributed by atoms with Crippen molar-refractivity contribution in [3.05, 3.63) is 64.1 Å². The van der Waals surface area contributed by atoms with E-state index in [9.17, 15) is 4.79 Å². The average Bonchev–Trinajstić information content (AvgIpc) is 2.55. The van der Waals surface area contributed by atoms with Gasteiger partial charge in [0.25, 0.3) is 0 Å². The number of halogens is 1.